The van der Waals surface area contributed by atoms with Crippen molar-refractivity contribution in [2.75, 3.05) is 0 Å². The van der Waals surface area contributed by atoms with Gasteiger partial charge in [-0.1, -0.05) is 34.6 Å². The van der Waals surface area contributed by atoms with Crippen molar-refractivity contribution < 1.29 is 61.9 Å². The molecule has 1 spiro atoms. The van der Waals surface area contributed by atoms with Crippen molar-refractivity contribution in [2.24, 2.45) is 69.5 Å². The second-order valence-electron chi connectivity index (χ2n) is 17.8. The number of rotatable bonds is 4. The number of carbonyl (C=O) groups excluding carboxylic acids is 6. The number of epoxide rings is 2. The lowest BCUT2D eigenvalue weighted by atomic mass is 9.38. The van der Waals surface area contributed by atoms with Crippen LogP contribution in [0.4, 0.5) is 0 Å². The maximum atomic E-state index is 15.0. The van der Waals surface area contributed by atoms with E-state index in [9.17, 15) is 28.8 Å². The summed E-state index contributed by atoms with van der Waals surface area (Å²) in [7, 11) is 0. The number of hydrogen-bond acceptors (Lipinski definition) is 13. The van der Waals surface area contributed by atoms with Gasteiger partial charge < -0.3 is 33.2 Å². The summed E-state index contributed by atoms with van der Waals surface area (Å²) in [6, 6.07) is 0. The maximum Gasteiger partial charge on any atom is 0.353 e. The summed E-state index contributed by atoms with van der Waals surface area (Å²) in [5.74, 6) is -8.34. The zero-order chi connectivity index (χ0) is 37.3. The van der Waals surface area contributed by atoms with E-state index in [1.54, 1.807) is 6.92 Å². The first-order valence-corrected chi connectivity index (χ1v) is 18.5. The molecule has 13 heteroatoms. The van der Waals surface area contributed by atoms with E-state index in [0.29, 0.717) is 6.42 Å². The maximum absolute atomic E-state index is 15.0. The number of carbonyl (C=O) groups is 6. The molecule has 3 heterocycles. The molecule has 0 aromatic heterocycles. The minimum atomic E-state index is -1.80. The molecule has 0 N–H and O–H groups in total. The van der Waals surface area contributed by atoms with E-state index in [4.69, 9.17) is 33.2 Å². The number of hydrogen-bond donors (Lipinski definition) is 0. The normalized spacial score (nSPS) is 56.6. The highest BCUT2D eigenvalue weighted by molar-refractivity contribution is 5.90. The van der Waals surface area contributed by atoms with Crippen LogP contribution in [0.2, 0.25) is 0 Å². The van der Waals surface area contributed by atoms with Crippen molar-refractivity contribution in [3.8, 4) is 0 Å². The summed E-state index contributed by atoms with van der Waals surface area (Å²) in [4.78, 5) is 80.5. The summed E-state index contributed by atoms with van der Waals surface area (Å²) >= 11 is 0. The van der Waals surface area contributed by atoms with Crippen molar-refractivity contribution in [2.45, 2.75) is 131 Å². The van der Waals surface area contributed by atoms with E-state index < -0.39 is 106 Å². The molecule has 8 rings (SSSR count). The highest BCUT2D eigenvalue weighted by Gasteiger charge is 2.94. The van der Waals surface area contributed by atoms with Crippen LogP contribution in [0.5, 0.6) is 0 Å². The fourth-order valence-electron chi connectivity index (χ4n) is 14.1. The van der Waals surface area contributed by atoms with Gasteiger partial charge in [0.25, 0.3) is 5.79 Å². The second kappa shape index (κ2) is 10.3. The summed E-state index contributed by atoms with van der Waals surface area (Å²) in [5, 5.41) is 0. The molecule has 20 atom stereocenters. The Morgan fingerprint density at radius 2 is 1.37 bits per heavy atom. The Labute approximate surface area is 297 Å². The van der Waals surface area contributed by atoms with Crippen LogP contribution in [0.15, 0.2) is 0 Å². The molecule has 0 aromatic carbocycles. The second-order valence-corrected chi connectivity index (χ2v) is 17.8. The molecular formula is C38H50O13. The van der Waals surface area contributed by atoms with Crippen LogP contribution >= 0.6 is 0 Å². The highest BCUT2D eigenvalue weighted by Crippen LogP contribution is 2.82. The van der Waals surface area contributed by atoms with Gasteiger partial charge in [-0.2, -0.15) is 0 Å². The molecule has 0 radical (unpaired) electrons. The van der Waals surface area contributed by atoms with Gasteiger partial charge in [-0.15, -0.1) is 0 Å². The van der Waals surface area contributed by atoms with Crippen LogP contribution in [0.25, 0.3) is 0 Å². The third-order valence-corrected chi connectivity index (χ3v) is 16.1. The lowest BCUT2D eigenvalue weighted by molar-refractivity contribution is -0.239. The molecule has 0 bridgehead atoms. The van der Waals surface area contributed by atoms with Gasteiger partial charge in [0.05, 0.1) is 11.5 Å². The van der Waals surface area contributed by atoms with Gasteiger partial charge in [0.2, 0.25) is 5.60 Å². The molecule has 13 nitrogen and oxygen atoms in total. The van der Waals surface area contributed by atoms with Crippen molar-refractivity contribution >= 4 is 35.6 Å². The van der Waals surface area contributed by atoms with Crippen LogP contribution in [0, 0.1) is 69.5 Å². The third-order valence-electron chi connectivity index (χ3n) is 16.1. The predicted molar refractivity (Wildman–Crippen MR) is 172 cm³/mol. The standard InChI is InChI=1S/C38H50O13/c1-13-15(3)34(8)24-14(2)31-38(50-31)36(10,37(11,33(44)51-38)49-19(7)42)26(24)30(46-17(5)40)25(34)22-23(13)35(9)20(27(43)29(22)45-16(4)39)12-21-28(48-21)32(35)47-18(6)41/h13-15,20-26,28-32H,12H2,1-11H3/t13?,14-,15-,20+,21-,22+,23?,24-,25+,26-,28-,29+,30+,31+,32-,34+,35-,36-,37+,38-/m0/s1. The first-order valence-electron chi connectivity index (χ1n) is 18.5. The van der Waals surface area contributed by atoms with Crippen LogP contribution in [0.1, 0.15) is 82.6 Å². The zero-order valence-electron chi connectivity index (χ0n) is 31.2. The molecular weight excluding hydrogens is 664 g/mol. The third kappa shape index (κ3) is 3.90. The SMILES string of the molecule is CC(=O)O[C@@H]1[C@H]2[C@H]3C(C(C)[C@H](C)[C@]2(C)[C@H]2[C@H](C)[C@H]4O[C@]45OC(=O)[C@@](C)(OC(C)=O)[C@]5(C)[C@H]12)[C@]1(C)[C@H](C[C@@H]2O[C@@H]2[C@@H]1OC(C)=O)C(=O)[C@@H]3OC(C)=O. The van der Waals surface area contributed by atoms with Crippen molar-refractivity contribution in [3.63, 3.8) is 0 Å². The quantitative estimate of drug-likeness (QED) is 0.236. The summed E-state index contributed by atoms with van der Waals surface area (Å²) < 4.78 is 43.2. The molecule has 5 aliphatic carbocycles. The summed E-state index contributed by atoms with van der Waals surface area (Å²) in [6.07, 6.45) is -3.57. The molecule has 0 aromatic rings. The molecule has 8 aliphatic rings. The van der Waals surface area contributed by atoms with E-state index in [1.165, 1.54) is 27.7 Å². The van der Waals surface area contributed by atoms with Gasteiger partial charge in [-0.25, -0.2) is 4.79 Å². The van der Waals surface area contributed by atoms with Crippen molar-refractivity contribution in [3.05, 3.63) is 0 Å². The van der Waals surface area contributed by atoms with E-state index >= 15 is 0 Å². The molecule has 3 saturated heterocycles. The van der Waals surface area contributed by atoms with E-state index in [2.05, 4.69) is 27.7 Å². The van der Waals surface area contributed by atoms with Crippen LogP contribution in [0.3, 0.4) is 0 Å². The molecule has 0 amide bonds. The zero-order valence-corrected chi connectivity index (χ0v) is 31.2. The van der Waals surface area contributed by atoms with E-state index in [1.807, 2.05) is 13.8 Å². The van der Waals surface area contributed by atoms with Gasteiger partial charge in [0.15, 0.2) is 11.9 Å². The molecule has 2 unspecified atom stereocenters. The summed E-state index contributed by atoms with van der Waals surface area (Å²) in [5.41, 5.74) is -4.73. The largest absolute Gasteiger partial charge is 0.462 e. The minimum absolute atomic E-state index is 0.0911. The average Bonchev–Trinajstić information content (AvgIpc) is 3.92. The van der Waals surface area contributed by atoms with Crippen molar-refractivity contribution in [1.29, 1.82) is 0 Å². The molecule has 5 saturated carbocycles. The van der Waals surface area contributed by atoms with Crippen molar-refractivity contribution in [1.82, 2.24) is 0 Å². The first kappa shape index (κ1) is 35.0. The minimum Gasteiger partial charge on any atom is -0.462 e. The predicted octanol–water partition coefficient (Wildman–Crippen LogP) is 3.17. The Morgan fingerprint density at radius 1 is 0.745 bits per heavy atom. The number of esters is 5. The van der Waals surface area contributed by atoms with Crippen LogP contribution in [-0.2, 0) is 61.9 Å². The van der Waals surface area contributed by atoms with Gasteiger partial charge in [0.1, 0.15) is 24.4 Å². The lowest BCUT2D eigenvalue weighted by Crippen LogP contribution is -2.71. The lowest BCUT2D eigenvalue weighted by Gasteiger charge is -2.66. The fraction of sp³-hybridized carbons (Fsp3) is 0.842. The monoisotopic (exact) mass is 714 g/mol. The van der Waals surface area contributed by atoms with Gasteiger partial charge in [-0.05, 0) is 55.3 Å². The fourth-order valence-corrected chi connectivity index (χ4v) is 14.1. The Morgan fingerprint density at radius 3 is 1.96 bits per heavy atom. The molecule has 51 heavy (non-hydrogen) atoms. The van der Waals surface area contributed by atoms with Gasteiger partial charge in [-0.3, -0.25) is 24.0 Å². The summed E-state index contributed by atoms with van der Waals surface area (Å²) in [6.45, 7) is 19.2. The Balaban J connectivity index is 1.38. The Hall–Kier alpha value is -3.06. The average molecular weight is 715 g/mol. The number of ketones is 1. The molecule has 8 fully saturated rings. The van der Waals surface area contributed by atoms with Gasteiger partial charge >= 0.3 is 29.8 Å². The van der Waals surface area contributed by atoms with Crippen LogP contribution < -0.4 is 0 Å². The molecule has 280 valence electrons. The number of Topliss-reactive ketones (excluding diaryl/α,β-unsaturated/α-hetero) is 1. The van der Waals surface area contributed by atoms with E-state index in [0.717, 1.165) is 0 Å². The number of ether oxygens (including phenoxy) is 7. The first-order chi connectivity index (χ1) is 23.6. The van der Waals surface area contributed by atoms with Crippen LogP contribution in [-0.4, -0.2) is 83.6 Å². The number of fused-ring (bicyclic) bond motifs is 9. The topological polar surface area (TPSA) is 174 Å². The smallest absolute Gasteiger partial charge is 0.353 e. The Kier molecular flexibility index (Phi) is 7.09. The van der Waals surface area contributed by atoms with E-state index in [-0.39, 0.29) is 47.6 Å². The molecule has 3 aliphatic heterocycles. The highest BCUT2D eigenvalue weighted by atomic mass is 16.8. The Bertz CT molecular complexity index is 1660. The van der Waals surface area contributed by atoms with Gasteiger partial charge in [0, 0.05) is 56.8 Å².